The number of oxime groups is 1. The summed E-state index contributed by atoms with van der Waals surface area (Å²) in [6, 6.07) is 4.09. The van der Waals surface area contributed by atoms with Crippen molar-refractivity contribution in [3.8, 4) is 0 Å². The molecule has 2 atom stereocenters. The van der Waals surface area contributed by atoms with Crippen LogP contribution in [0.3, 0.4) is 0 Å². The molecule has 182 valence electrons. The maximum atomic E-state index is 13.1. The number of β-lactam (4-membered cyclic amide) rings is 1. The van der Waals surface area contributed by atoms with Crippen molar-refractivity contribution in [3.63, 3.8) is 0 Å². The van der Waals surface area contributed by atoms with Crippen LogP contribution in [0.1, 0.15) is 29.8 Å². The summed E-state index contributed by atoms with van der Waals surface area (Å²) in [7, 11) is 1.32. The number of rotatable bonds is 8. The van der Waals surface area contributed by atoms with Crippen molar-refractivity contribution >= 4 is 51.6 Å². The number of amides is 1. The monoisotopic (exact) mass is 514 g/mol. The first kappa shape index (κ1) is 23.5. The molecule has 2 aliphatic heterocycles. The highest BCUT2D eigenvalue weighted by atomic mass is 32.2. The minimum Gasteiger partial charge on any atom is -0.477 e. The van der Waals surface area contributed by atoms with Gasteiger partial charge in [-0.1, -0.05) is 5.16 Å². The Morgan fingerprint density at radius 2 is 2.23 bits per heavy atom. The Balaban J connectivity index is 1.36. The van der Waals surface area contributed by atoms with Crippen LogP contribution in [0.15, 0.2) is 40.1 Å². The van der Waals surface area contributed by atoms with E-state index in [0.29, 0.717) is 23.6 Å². The third-order valence-corrected chi connectivity index (χ3v) is 8.55. The summed E-state index contributed by atoms with van der Waals surface area (Å²) in [5.74, 6) is -2.08. The summed E-state index contributed by atoms with van der Waals surface area (Å²) in [6.45, 7) is 0.424. The second-order valence-electron chi connectivity index (χ2n) is 8.56. The molecule has 4 heterocycles. The molecule has 0 radical (unpaired) electrons. The number of aliphatic carboxylic acids is 1. The van der Waals surface area contributed by atoms with Crippen molar-refractivity contribution < 1.29 is 28.9 Å². The summed E-state index contributed by atoms with van der Waals surface area (Å²) in [6.07, 6.45) is 4.93. The SMILES string of the molecule is CO/N=C(\C(=O)C[C@@H]1C(=O)N2C(C(=O)O)=C(C[n+]3cccc4c3CCC4)CS[C@H]12)c1csc(N)n1. The number of carboxylic acids is 1. The molecule has 0 bridgehead atoms. The lowest BCUT2D eigenvalue weighted by molar-refractivity contribution is -0.696. The number of thioether (sulfide) groups is 1. The molecule has 0 unspecified atom stereocenters. The molecule has 1 aliphatic carbocycles. The summed E-state index contributed by atoms with van der Waals surface area (Å²) >= 11 is 2.66. The van der Waals surface area contributed by atoms with Crippen molar-refractivity contribution in [3.05, 3.63) is 51.9 Å². The van der Waals surface area contributed by atoms with Gasteiger partial charge in [-0.05, 0) is 18.9 Å². The Bertz CT molecular complexity index is 1290. The Morgan fingerprint density at radius 3 is 2.94 bits per heavy atom. The van der Waals surface area contributed by atoms with Crippen LogP contribution in [0.5, 0.6) is 0 Å². The Labute approximate surface area is 209 Å². The Morgan fingerprint density at radius 1 is 1.40 bits per heavy atom. The summed E-state index contributed by atoms with van der Waals surface area (Å²) in [4.78, 5) is 48.6. The first-order valence-corrected chi connectivity index (χ1v) is 13.1. The number of carbonyl (C=O) groups excluding carboxylic acids is 2. The zero-order valence-electron chi connectivity index (χ0n) is 19.0. The van der Waals surface area contributed by atoms with Gasteiger partial charge in [0.2, 0.25) is 5.91 Å². The number of carboxylic acid groups (broad SMARTS) is 1. The summed E-state index contributed by atoms with van der Waals surface area (Å²) < 4.78 is 2.10. The highest BCUT2D eigenvalue weighted by molar-refractivity contribution is 8.00. The largest absolute Gasteiger partial charge is 0.477 e. The Kier molecular flexibility index (Phi) is 6.32. The fourth-order valence-corrected chi connectivity index (χ4v) is 6.88. The average Bonchev–Trinajstić information content (AvgIpc) is 3.49. The number of aryl methyl sites for hydroxylation is 1. The van der Waals surface area contributed by atoms with E-state index in [9.17, 15) is 19.5 Å². The molecule has 0 saturated carbocycles. The molecule has 1 amide bonds. The number of anilines is 1. The molecular weight excluding hydrogens is 490 g/mol. The van der Waals surface area contributed by atoms with E-state index >= 15 is 0 Å². The van der Waals surface area contributed by atoms with Gasteiger partial charge in [0.15, 0.2) is 35.1 Å². The van der Waals surface area contributed by atoms with Gasteiger partial charge in [0.1, 0.15) is 18.5 Å². The van der Waals surface area contributed by atoms with E-state index in [4.69, 9.17) is 10.6 Å². The molecule has 5 rings (SSSR count). The molecule has 3 aliphatic rings. The fraction of sp³-hybridized carbons (Fsp3) is 0.391. The van der Waals surface area contributed by atoms with Crippen LogP contribution in [-0.2, 0) is 38.6 Å². The molecule has 10 nitrogen and oxygen atoms in total. The fourth-order valence-electron chi connectivity index (χ4n) is 4.93. The maximum absolute atomic E-state index is 13.1. The number of nitrogen functional groups attached to an aromatic ring is 1. The van der Waals surface area contributed by atoms with E-state index in [1.807, 2.05) is 12.3 Å². The number of Topliss-reactive ketones (excluding diaryl/α,β-unsaturated/α-hetero) is 1. The number of carbonyl (C=O) groups is 3. The summed E-state index contributed by atoms with van der Waals surface area (Å²) in [5, 5.41) is 15.3. The van der Waals surface area contributed by atoms with Gasteiger partial charge < -0.3 is 15.7 Å². The van der Waals surface area contributed by atoms with E-state index in [1.54, 1.807) is 5.38 Å². The summed E-state index contributed by atoms with van der Waals surface area (Å²) in [5.41, 5.74) is 9.21. The average molecular weight is 515 g/mol. The number of fused-ring (bicyclic) bond motifs is 2. The molecule has 2 aromatic heterocycles. The number of nitrogens with two attached hydrogens (primary N) is 1. The second kappa shape index (κ2) is 9.42. The molecule has 12 heteroatoms. The number of ketones is 1. The zero-order chi connectivity index (χ0) is 24.7. The van der Waals surface area contributed by atoms with E-state index in [0.717, 1.165) is 19.3 Å². The highest BCUT2D eigenvalue weighted by Crippen LogP contribution is 2.45. The predicted molar refractivity (Wildman–Crippen MR) is 130 cm³/mol. The number of nitrogens with zero attached hydrogens (tertiary/aromatic N) is 4. The van der Waals surface area contributed by atoms with Crippen LogP contribution in [0.25, 0.3) is 0 Å². The van der Waals surface area contributed by atoms with Crippen molar-refractivity contribution in [1.29, 1.82) is 0 Å². The lowest BCUT2D eigenvalue weighted by Crippen LogP contribution is -2.62. The van der Waals surface area contributed by atoms with Crippen LogP contribution in [0.2, 0.25) is 0 Å². The third kappa shape index (κ3) is 4.20. The third-order valence-electron chi connectivity index (χ3n) is 6.48. The number of hydrogen-bond donors (Lipinski definition) is 2. The lowest BCUT2D eigenvalue weighted by atomic mass is 9.89. The molecular formula is C23H24N5O5S2+. The molecule has 0 spiro atoms. The van der Waals surface area contributed by atoms with Crippen LogP contribution >= 0.6 is 23.1 Å². The van der Waals surface area contributed by atoms with Gasteiger partial charge in [0.25, 0.3) is 0 Å². The number of thiazole rings is 1. The van der Waals surface area contributed by atoms with Crippen molar-refractivity contribution in [2.45, 2.75) is 37.6 Å². The van der Waals surface area contributed by atoms with Crippen molar-refractivity contribution in [2.75, 3.05) is 18.6 Å². The lowest BCUT2D eigenvalue weighted by Gasteiger charge is -2.49. The van der Waals surface area contributed by atoms with Gasteiger partial charge in [0, 0.05) is 41.2 Å². The van der Waals surface area contributed by atoms with Crippen LogP contribution in [0, 0.1) is 5.92 Å². The molecule has 2 aromatic rings. The maximum Gasteiger partial charge on any atom is 0.352 e. The highest BCUT2D eigenvalue weighted by Gasteiger charge is 2.54. The normalized spacial score (nSPS) is 21.5. The number of aromatic nitrogens is 2. The zero-order valence-corrected chi connectivity index (χ0v) is 20.6. The second-order valence-corrected chi connectivity index (χ2v) is 10.6. The molecule has 1 fully saturated rings. The molecule has 3 N–H and O–H groups in total. The van der Waals surface area contributed by atoms with E-state index in [1.165, 1.54) is 46.4 Å². The van der Waals surface area contributed by atoms with Crippen LogP contribution < -0.4 is 10.3 Å². The first-order chi connectivity index (χ1) is 16.9. The number of hydrogen-bond acceptors (Lipinski definition) is 9. The minimum atomic E-state index is -1.13. The van der Waals surface area contributed by atoms with Crippen molar-refractivity contribution in [2.24, 2.45) is 11.1 Å². The molecule has 0 aromatic carbocycles. The van der Waals surface area contributed by atoms with Gasteiger partial charge in [0.05, 0.1) is 11.3 Å². The van der Waals surface area contributed by atoms with E-state index < -0.39 is 23.0 Å². The van der Waals surface area contributed by atoms with Crippen LogP contribution in [0.4, 0.5) is 5.13 Å². The van der Waals surface area contributed by atoms with Gasteiger partial charge >= 0.3 is 5.97 Å². The standard InChI is InChI=1S/C23H23N5O5S2/c1-33-26-18(15-11-35-23(24)25-15)17(29)8-14-20(30)28-19(22(31)32)13(10-34-21(14)28)9-27-7-3-5-12-4-2-6-16(12)27/h3,5,7,11,14,21H,2,4,6,8-10H2,1H3,(H2-,24,25,31,32)/p+1/b26-18-/t14-,21-/m1/s1. The number of pyridine rings is 1. The van der Waals surface area contributed by atoms with Gasteiger partial charge in [-0.3, -0.25) is 14.5 Å². The van der Waals surface area contributed by atoms with Gasteiger partial charge in [-0.15, -0.1) is 23.1 Å². The molecule has 1 saturated heterocycles. The van der Waals surface area contributed by atoms with Crippen molar-refractivity contribution in [1.82, 2.24) is 9.88 Å². The van der Waals surface area contributed by atoms with Gasteiger partial charge in [-0.25, -0.2) is 9.78 Å². The van der Waals surface area contributed by atoms with Crippen LogP contribution in [-0.4, -0.2) is 56.6 Å². The topological polar surface area (TPSA) is 139 Å². The first-order valence-electron chi connectivity index (χ1n) is 11.1. The molecule has 35 heavy (non-hydrogen) atoms. The van der Waals surface area contributed by atoms with Gasteiger partial charge in [-0.2, -0.15) is 4.57 Å². The Hall–Kier alpha value is -3.25. The smallest absolute Gasteiger partial charge is 0.352 e. The van der Waals surface area contributed by atoms with E-state index in [-0.39, 0.29) is 28.9 Å². The minimum absolute atomic E-state index is 0.00321. The predicted octanol–water partition coefficient (Wildman–Crippen LogP) is 1.38. The quantitative estimate of drug-likeness (QED) is 0.233. The van der Waals surface area contributed by atoms with E-state index in [2.05, 4.69) is 20.8 Å².